The molecule has 8 heteroatoms. The van der Waals surface area contributed by atoms with Crippen molar-refractivity contribution in [3.63, 3.8) is 0 Å². The lowest BCUT2D eigenvalue weighted by Crippen LogP contribution is -2.51. The van der Waals surface area contributed by atoms with Crippen LogP contribution in [0.2, 0.25) is 5.02 Å². The fourth-order valence-electron chi connectivity index (χ4n) is 6.83. The monoisotopic (exact) mass is 575 g/mol. The van der Waals surface area contributed by atoms with Crippen molar-refractivity contribution in [1.29, 1.82) is 0 Å². The Morgan fingerprint density at radius 2 is 1.71 bits per heavy atom. The van der Waals surface area contributed by atoms with Crippen LogP contribution in [-0.2, 0) is 15.0 Å². The standard InChI is InChI=1S/C34H26ClN3O4/c1-42-24-9-6-8-21(19-24)31(39)29-30(32(40)36-23-16-14-22(35)15-17-23)38-27-12-5-2-7-20(27)13-18-28(38)34(29)25-10-3-4-11-26(25)37-33(34)41/h2-19,28-30H,1H3,(H,36,40)(H,37,41)/t28-,29-,30+,34+/m1/s1. The van der Waals surface area contributed by atoms with Gasteiger partial charge in [-0.15, -0.1) is 0 Å². The fourth-order valence-corrected chi connectivity index (χ4v) is 6.95. The number of anilines is 3. The molecular formula is C34H26ClN3O4. The molecule has 2 amide bonds. The summed E-state index contributed by atoms with van der Waals surface area (Å²) in [5, 5.41) is 6.58. The molecule has 7 rings (SSSR count). The quantitative estimate of drug-likeness (QED) is 0.287. The zero-order valence-electron chi connectivity index (χ0n) is 22.6. The molecular weight excluding hydrogens is 550 g/mol. The summed E-state index contributed by atoms with van der Waals surface area (Å²) < 4.78 is 5.42. The SMILES string of the molecule is COc1cccc(C(=O)[C@H]2[C@@H](C(=O)Nc3ccc(Cl)cc3)N3c4ccccc4C=C[C@@H]3[C@]23C(=O)Nc2ccccc23)c1. The summed E-state index contributed by atoms with van der Waals surface area (Å²) in [6.07, 6.45) is 3.92. The minimum atomic E-state index is -1.39. The van der Waals surface area contributed by atoms with Crippen molar-refractivity contribution >= 4 is 52.3 Å². The lowest BCUT2D eigenvalue weighted by Gasteiger charge is -2.37. The second-order valence-electron chi connectivity index (χ2n) is 10.7. The van der Waals surface area contributed by atoms with Gasteiger partial charge in [-0.3, -0.25) is 14.4 Å². The van der Waals surface area contributed by atoms with Crippen molar-refractivity contribution in [3.8, 4) is 5.75 Å². The number of rotatable bonds is 5. The Hall–Kier alpha value is -4.88. The highest BCUT2D eigenvalue weighted by molar-refractivity contribution is 6.30. The molecule has 4 aromatic carbocycles. The van der Waals surface area contributed by atoms with Gasteiger partial charge in [0, 0.05) is 27.6 Å². The van der Waals surface area contributed by atoms with E-state index in [1.807, 2.05) is 65.6 Å². The van der Waals surface area contributed by atoms with Crippen LogP contribution in [0.3, 0.4) is 0 Å². The lowest BCUT2D eigenvalue weighted by atomic mass is 9.64. The first-order chi connectivity index (χ1) is 20.4. The van der Waals surface area contributed by atoms with E-state index in [0.717, 1.165) is 11.3 Å². The summed E-state index contributed by atoms with van der Waals surface area (Å²) in [6, 6.07) is 27.1. The number of amides is 2. The Morgan fingerprint density at radius 1 is 0.952 bits per heavy atom. The number of nitrogens with zero attached hydrogens (tertiary/aromatic N) is 1. The van der Waals surface area contributed by atoms with Gasteiger partial charge in [0.05, 0.1) is 19.1 Å². The number of methoxy groups -OCH3 is 1. The van der Waals surface area contributed by atoms with Crippen molar-refractivity contribution in [2.24, 2.45) is 5.92 Å². The number of halogens is 1. The molecule has 2 N–H and O–H groups in total. The van der Waals surface area contributed by atoms with Gasteiger partial charge in [0.2, 0.25) is 11.8 Å². The molecule has 3 aliphatic heterocycles. The van der Waals surface area contributed by atoms with Gasteiger partial charge in [-0.2, -0.15) is 0 Å². The minimum Gasteiger partial charge on any atom is -0.497 e. The number of carbonyl (C=O) groups excluding carboxylic acids is 3. The van der Waals surface area contributed by atoms with Crippen LogP contribution in [0, 0.1) is 5.92 Å². The Balaban J connectivity index is 1.48. The molecule has 7 nitrogen and oxygen atoms in total. The predicted molar refractivity (Wildman–Crippen MR) is 163 cm³/mol. The average molecular weight is 576 g/mol. The maximum Gasteiger partial charge on any atom is 0.247 e. The zero-order valence-corrected chi connectivity index (χ0v) is 23.3. The Labute approximate surface area is 247 Å². The largest absolute Gasteiger partial charge is 0.497 e. The number of ketones is 1. The van der Waals surface area contributed by atoms with E-state index in [2.05, 4.69) is 10.6 Å². The molecule has 208 valence electrons. The number of hydrogen-bond acceptors (Lipinski definition) is 5. The van der Waals surface area contributed by atoms with E-state index in [4.69, 9.17) is 16.3 Å². The topological polar surface area (TPSA) is 87.7 Å². The second kappa shape index (κ2) is 9.89. The molecule has 0 bridgehead atoms. The second-order valence-corrected chi connectivity index (χ2v) is 11.1. The molecule has 0 aliphatic carbocycles. The van der Waals surface area contributed by atoms with E-state index >= 15 is 0 Å². The number of hydrogen-bond donors (Lipinski definition) is 2. The summed E-state index contributed by atoms with van der Waals surface area (Å²) in [5.74, 6) is -1.61. The van der Waals surface area contributed by atoms with Crippen molar-refractivity contribution in [3.05, 3.63) is 125 Å². The van der Waals surface area contributed by atoms with Gasteiger partial charge in [0.25, 0.3) is 0 Å². The number of para-hydroxylation sites is 2. The van der Waals surface area contributed by atoms with Gasteiger partial charge < -0.3 is 20.3 Å². The Bertz CT molecular complexity index is 1790. The first kappa shape index (κ1) is 26.0. The van der Waals surface area contributed by atoms with Crippen molar-refractivity contribution in [2.75, 3.05) is 22.6 Å². The third-order valence-electron chi connectivity index (χ3n) is 8.56. The van der Waals surface area contributed by atoms with Crippen LogP contribution in [0.15, 0.2) is 103 Å². The number of nitrogens with one attached hydrogen (secondary N) is 2. The third kappa shape index (κ3) is 3.77. The predicted octanol–water partition coefficient (Wildman–Crippen LogP) is 5.96. The smallest absolute Gasteiger partial charge is 0.247 e. The summed E-state index contributed by atoms with van der Waals surface area (Å²) in [6.45, 7) is 0. The van der Waals surface area contributed by atoms with Gasteiger partial charge in [0.15, 0.2) is 5.78 Å². The number of fused-ring (bicyclic) bond motifs is 6. The summed E-state index contributed by atoms with van der Waals surface area (Å²) >= 11 is 6.10. The van der Waals surface area contributed by atoms with E-state index in [9.17, 15) is 14.4 Å². The fraction of sp³-hybridized carbons (Fsp3) is 0.147. The molecule has 3 heterocycles. The molecule has 0 aromatic heterocycles. The van der Waals surface area contributed by atoms with Gasteiger partial charge >= 0.3 is 0 Å². The molecule has 0 radical (unpaired) electrons. The molecule has 1 saturated heterocycles. The summed E-state index contributed by atoms with van der Waals surface area (Å²) in [7, 11) is 1.53. The van der Waals surface area contributed by atoms with Crippen molar-refractivity contribution in [1.82, 2.24) is 0 Å². The number of carbonyl (C=O) groups is 3. The first-order valence-electron chi connectivity index (χ1n) is 13.6. The van der Waals surface area contributed by atoms with Crippen molar-refractivity contribution in [2.45, 2.75) is 17.5 Å². The van der Waals surface area contributed by atoms with Crippen LogP contribution in [0.4, 0.5) is 17.1 Å². The van der Waals surface area contributed by atoms with Gasteiger partial charge in [0.1, 0.15) is 17.2 Å². The van der Waals surface area contributed by atoms with Gasteiger partial charge in [-0.1, -0.05) is 72.3 Å². The Kier molecular flexibility index (Phi) is 6.13. The van der Waals surface area contributed by atoms with E-state index < -0.39 is 29.3 Å². The highest BCUT2D eigenvalue weighted by Gasteiger charge is 2.70. The van der Waals surface area contributed by atoms with Crippen LogP contribution < -0.4 is 20.3 Å². The third-order valence-corrected chi connectivity index (χ3v) is 8.81. The van der Waals surface area contributed by atoms with Crippen molar-refractivity contribution < 1.29 is 19.1 Å². The normalized spacial score (nSPS) is 23.1. The average Bonchev–Trinajstić information content (AvgIpc) is 3.50. The van der Waals surface area contributed by atoms with E-state index in [-0.39, 0.29) is 11.7 Å². The highest BCUT2D eigenvalue weighted by Crippen LogP contribution is 2.57. The van der Waals surface area contributed by atoms with Crippen LogP contribution in [0.1, 0.15) is 21.5 Å². The molecule has 42 heavy (non-hydrogen) atoms. The Morgan fingerprint density at radius 3 is 2.52 bits per heavy atom. The maximum atomic E-state index is 14.8. The summed E-state index contributed by atoms with van der Waals surface area (Å²) in [4.78, 5) is 45.6. The minimum absolute atomic E-state index is 0.314. The molecule has 3 aliphatic rings. The number of ether oxygens (including phenoxy) is 1. The molecule has 1 fully saturated rings. The van der Waals surface area contributed by atoms with Crippen LogP contribution in [0.5, 0.6) is 5.75 Å². The van der Waals surface area contributed by atoms with E-state index in [1.54, 1.807) is 48.5 Å². The molecule has 4 atom stereocenters. The number of benzene rings is 4. The van der Waals surface area contributed by atoms with E-state index in [1.165, 1.54) is 7.11 Å². The van der Waals surface area contributed by atoms with Crippen LogP contribution >= 0.6 is 11.6 Å². The number of Topliss-reactive ketones (excluding diaryl/α,β-unsaturated/α-hetero) is 1. The lowest BCUT2D eigenvalue weighted by molar-refractivity contribution is -0.122. The highest BCUT2D eigenvalue weighted by atomic mass is 35.5. The zero-order chi connectivity index (χ0) is 29.0. The van der Waals surface area contributed by atoms with Crippen LogP contribution in [0.25, 0.3) is 6.08 Å². The molecule has 4 aromatic rings. The molecule has 1 spiro atoms. The first-order valence-corrected chi connectivity index (χ1v) is 14.0. The maximum absolute atomic E-state index is 14.8. The van der Waals surface area contributed by atoms with Crippen LogP contribution in [-0.4, -0.2) is 36.8 Å². The molecule has 0 saturated carbocycles. The van der Waals surface area contributed by atoms with Gasteiger partial charge in [-0.25, -0.2) is 0 Å². The summed E-state index contributed by atoms with van der Waals surface area (Å²) in [5.41, 5.74) is 2.51. The van der Waals surface area contributed by atoms with Gasteiger partial charge in [-0.05, 0) is 59.7 Å². The van der Waals surface area contributed by atoms with E-state index in [0.29, 0.717) is 33.3 Å². The molecule has 0 unspecified atom stereocenters.